The molecule has 102 valence electrons. The van der Waals surface area contributed by atoms with Crippen molar-refractivity contribution in [3.63, 3.8) is 0 Å². The number of anilines is 1. The molecule has 0 bridgehead atoms. The lowest BCUT2D eigenvalue weighted by Gasteiger charge is -2.45. The van der Waals surface area contributed by atoms with E-state index >= 15 is 0 Å². The highest BCUT2D eigenvalue weighted by atomic mass is 16.1. The Morgan fingerprint density at radius 1 is 1.26 bits per heavy atom. The van der Waals surface area contributed by atoms with Crippen LogP contribution in [-0.4, -0.2) is 34.7 Å². The van der Waals surface area contributed by atoms with Crippen LogP contribution in [0.15, 0.2) is 12.1 Å². The molecule has 0 saturated carbocycles. The van der Waals surface area contributed by atoms with Crippen molar-refractivity contribution in [1.29, 1.82) is 0 Å². The highest BCUT2D eigenvalue weighted by molar-refractivity contribution is 5.77. The van der Waals surface area contributed by atoms with E-state index in [4.69, 9.17) is 0 Å². The molecule has 2 aliphatic rings. The predicted molar refractivity (Wildman–Crippen MR) is 72.9 cm³/mol. The van der Waals surface area contributed by atoms with Gasteiger partial charge in [0, 0.05) is 19.5 Å². The standard InChI is InChI=1S/C14H20N4O/c1-11-5-6-12(17-16-11)18-9-3-8-14(10-18)7-2-4-13(19)15-14/h5-6H,2-4,7-10H2,1H3,(H,15,19)/t14-/m0/s1. The minimum absolute atomic E-state index is 0.0415. The molecule has 2 saturated heterocycles. The normalized spacial score (nSPS) is 27.4. The van der Waals surface area contributed by atoms with E-state index in [1.165, 1.54) is 0 Å². The van der Waals surface area contributed by atoms with Crippen LogP contribution >= 0.6 is 0 Å². The fraction of sp³-hybridized carbons (Fsp3) is 0.643. The first-order valence-corrected chi connectivity index (χ1v) is 7.03. The molecule has 0 radical (unpaired) electrons. The average molecular weight is 260 g/mol. The SMILES string of the molecule is Cc1ccc(N2CCC[C@@]3(CCCC(=O)N3)C2)nn1. The van der Waals surface area contributed by atoms with E-state index in [-0.39, 0.29) is 11.4 Å². The maximum atomic E-state index is 11.7. The van der Waals surface area contributed by atoms with E-state index in [0.29, 0.717) is 6.42 Å². The van der Waals surface area contributed by atoms with Gasteiger partial charge in [0.15, 0.2) is 5.82 Å². The minimum Gasteiger partial charge on any atom is -0.353 e. The number of piperidine rings is 2. The van der Waals surface area contributed by atoms with Crippen LogP contribution in [0.1, 0.15) is 37.8 Å². The fourth-order valence-corrected chi connectivity index (χ4v) is 3.20. The maximum Gasteiger partial charge on any atom is 0.220 e. The molecule has 0 aromatic carbocycles. The number of hydrogen-bond acceptors (Lipinski definition) is 4. The van der Waals surface area contributed by atoms with Gasteiger partial charge < -0.3 is 10.2 Å². The molecule has 1 N–H and O–H groups in total. The Kier molecular flexibility index (Phi) is 3.12. The number of nitrogens with zero attached hydrogens (tertiary/aromatic N) is 3. The molecular weight excluding hydrogens is 240 g/mol. The van der Waals surface area contributed by atoms with Gasteiger partial charge in [-0.3, -0.25) is 4.79 Å². The van der Waals surface area contributed by atoms with Gasteiger partial charge in [-0.25, -0.2) is 0 Å². The van der Waals surface area contributed by atoms with Crippen LogP contribution in [0.5, 0.6) is 0 Å². The number of hydrogen-bond donors (Lipinski definition) is 1. The summed E-state index contributed by atoms with van der Waals surface area (Å²) in [5.41, 5.74) is 0.890. The molecule has 1 amide bonds. The smallest absolute Gasteiger partial charge is 0.220 e. The fourth-order valence-electron chi connectivity index (χ4n) is 3.20. The molecule has 3 heterocycles. The average Bonchev–Trinajstić information content (AvgIpc) is 2.39. The van der Waals surface area contributed by atoms with Gasteiger partial charge in [0.05, 0.1) is 11.2 Å². The third-order valence-corrected chi connectivity index (χ3v) is 4.15. The number of amides is 1. The maximum absolute atomic E-state index is 11.7. The molecule has 1 spiro atoms. The Hall–Kier alpha value is -1.65. The first kappa shape index (κ1) is 12.4. The van der Waals surface area contributed by atoms with Crippen molar-refractivity contribution in [3.05, 3.63) is 17.8 Å². The summed E-state index contributed by atoms with van der Waals surface area (Å²) in [6, 6.07) is 4.01. The molecule has 2 fully saturated rings. The summed E-state index contributed by atoms with van der Waals surface area (Å²) in [6.45, 7) is 3.79. The van der Waals surface area contributed by atoms with Crippen molar-refractivity contribution >= 4 is 11.7 Å². The molecule has 2 aliphatic heterocycles. The summed E-state index contributed by atoms with van der Waals surface area (Å²) in [6.07, 6.45) is 4.92. The number of nitrogens with one attached hydrogen (secondary N) is 1. The topological polar surface area (TPSA) is 58.1 Å². The van der Waals surface area contributed by atoms with E-state index in [0.717, 1.165) is 50.3 Å². The van der Waals surface area contributed by atoms with Gasteiger partial charge >= 0.3 is 0 Å². The molecular formula is C14H20N4O. The van der Waals surface area contributed by atoms with Crippen LogP contribution in [0.4, 0.5) is 5.82 Å². The van der Waals surface area contributed by atoms with Crippen molar-refractivity contribution in [2.45, 2.75) is 44.6 Å². The molecule has 1 atom stereocenters. The lowest BCUT2D eigenvalue weighted by molar-refractivity contribution is -0.125. The summed E-state index contributed by atoms with van der Waals surface area (Å²) in [4.78, 5) is 13.9. The zero-order valence-electron chi connectivity index (χ0n) is 11.4. The van der Waals surface area contributed by atoms with Gasteiger partial charge in [-0.1, -0.05) is 0 Å². The van der Waals surface area contributed by atoms with E-state index < -0.39 is 0 Å². The lowest BCUT2D eigenvalue weighted by Crippen LogP contribution is -2.60. The van der Waals surface area contributed by atoms with Crippen molar-refractivity contribution in [2.75, 3.05) is 18.0 Å². The summed E-state index contributed by atoms with van der Waals surface area (Å²) in [5.74, 6) is 1.12. The molecule has 19 heavy (non-hydrogen) atoms. The predicted octanol–water partition coefficient (Wildman–Crippen LogP) is 1.42. The molecule has 1 aromatic heterocycles. The van der Waals surface area contributed by atoms with Crippen LogP contribution in [0.25, 0.3) is 0 Å². The van der Waals surface area contributed by atoms with Crippen molar-refractivity contribution < 1.29 is 4.79 Å². The summed E-state index contributed by atoms with van der Waals surface area (Å²) in [7, 11) is 0. The van der Waals surface area contributed by atoms with Crippen LogP contribution in [0.3, 0.4) is 0 Å². The van der Waals surface area contributed by atoms with Gasteiger partial charge in [-0.05, 0) is 44.7 Å². The van der Waals surface area contributed by atoms with Gasteiger partial charge in [0.25, 0.3) is 0 Å². The van der Waals surface area contributed by atoms with E-state index in [1.807, 2.05) is 19.1 Å². The van der Waals surface area contributed by atoms with Gasteiger partial charge in [0.1, 0.15) is 0 Å². The third-order valence-electron chi connectivity index (χ3n) is 4.15. The number of rotatable bonds is 1. The molecule has 5 nitrogen and oxygen atoms in total. The van der Waals surface area contributed by atoms with E-state index in [9.17, 15) is 4.79 Å². The van der Waals surface area contributed by atoms with E-state index in [2.05, 4.69) is 20.4 Å². The summed E-state index contributed by atoms with van der Waals surface area (Å²) >= 11 is 0. The Bertz CT molecular complexity index is 469. The zero-order valence-corrected chi connectivity index (χ0v) is 11.4. The monoisotopic (exact) mass is 260 g/mol. The molecule has 1 aromatic rings. The quantitative estimate of drug-likeness (QED) is 0.829. The first-order chi connectivity index (χ1) is 9.17. The van der Waals surface area contributed by atoms with Crippen LogP contribution in [0.2, 0.25) is 0 Å². The van der Waals surface area contributed by atoms with Crippen molar-refractivity contribution in [2.24, 2.45) is 0 Å². The van der Waals surface area contributed by atoms with Gasteiger partial charge in [-0.2, -0.15) is 5.10 Å². The molecule has 3 rings (SSSR count). The number of aromatic nitrogens is 2. The Labute approximate surface area is 113 Å². The molecule has 0 unspecified atom stereocenters. The van der Waals surface area contributed by atoms with Crippen LogP contribution < -0.4 is 10.2 Å². The molecule has 0 aliphatic carbocycles. The van der Waals surface area contributed by atoms with Crippen molar-refractivity contribution in [3.8, 4) is 0 Å². The number of aryl methyl sites for hydroxylation is 1. The van der Waals surface area contributed by atoms with Crippen molar-refractivity contribution in [1.82, 2.24) is 15.5 Å². The Balaban J connectivity index is 1.77. The van der Waals surface area contributed by atoms with Crippen LogP contribution in [-0.2, 0) is 4.79 Å². The largest absolute Gasteiger partial charge is 0.353 e. The zero-order chi connectivity index (χ0) is 13.3. The summed E-state index contributed by atoms with van der Waals surface area (Å²) in [5, 5.41) is 11.6. The van der Waals surface area contributed by atoms with Gasteiger partial charge in [0.2, 0.25) is 5.91 Å². The summed E-state index contributed by atoms with van der Waals surface area (Å²) < 4.78 is 0. The second-order valence-electron chi connectivity index (χ2n) is 5.74. The second-order valence-corrected chi connectivity index (χ2v) is 5.74. The highest BCUT2D eigenvalue weighted by Gasteiger charge is 2.39. The Morgan fingerprint density at radius 2 is 2.11 bits per heavy atom. The minimum atomic E-state index is -0.0415. The third kappa shape index (κ3) is 2.55. The number of carbonyl (C=O) groups excluding carboxylic acids is 1. The number of carbonyl (C=O) groups is 1. The lowest BCUT2D eigenvalue weighted by atomic mass is 9.81. The first-order valence-electron chi connectivity index (χ1n) is 7.03. The van der Waals surface area contributed by atoms with Crippen LogP contribution in [0, 0.1) is 6.92 Å². The second kappa shape index (κ2) is 4.79. The van der Waals surface area contributed by atoms with Gasteiger partial charge in [-0.15, -0.1) is 5.10 Å². The molecule has 5 heteroatoms. The van der Waals surface area contributed by atoms with E-state index in [1.54, 1.807) is 0 Å². The Morgan fingerprint density at radius 3 is 2.84 bits per heavy atom. The highest BCUT2D eigenvalue weighted by Crippen LogP contribution is 2.31.